The standard InChI is InChI=1S/C9H18N2O2/c10-9(3-1-4-9)7-8(13)11-5-2-6-12/h12H,1-7,10H2,(H,11,13). The maximum atomic E-state index is 11.3. The van der Waals surface area contributed by atoms with Crippen molar-refractivity contribution in [3.05, 3.63) is 0 Å². The summed E-state index contributed by atoms with van der Waals surface area (Å²) in [5.74, 6) is 0.00986. The predicted octanol–water partition coefficient (Wildman–Crippen LogP) is -0.244. The Hall–Kier alpha value is -0.610. The van der Waals surface area contributed by atoms with Gasteiger partial charge in [0.05, 0.1) is 0 Å². The minimum atomic E-state index is -0.233. The van der Waals surface area contributed by atoms with Gasteiger partial charge in [0, 0.05) is 25.1 Å². The van der Waals surface area contributed by atoms with Crippen molar-refractivity contribution in [3.63, 3.8) is 0 Å². The second-order valence-corrected chi connectivity index (χ2v) is 3.82. The second-order valence-electron chi connectivity index (χ2n) is 3.82. The van der Waals surface area contributed by atoms with Crippen molar-refractivity contribution in [3.8, 4) is 0 Å². The molecule has 0 saturated heterocycles. The summed E-state index contributed by atoms with van der Waals surface area (Å²) >= 11 is 0. The van der Waals surface area contributed by atoms with Gasteiger partial charge >= 0.3 is 0 Å². The summed E-state index contributed by atoms with van der Waals surface area (Å²) in [6.07, 6.45) is 4.10. The van der Waals surface area contributed by atoms with E-state index in [9.17, 15) is 4.79 Å². The Morgan fingerprint density at radius 3 is 2.69 bits per heavy atom. The molecule has 1 fully saturated rings. The van der Waals surface area contributed by atoms with Crippen LogP contribution < -0.4 is 11.1 Å². The minimum Gasteiger partial charge on any atom is -0.396 e. The van der Waals surface area contributed by atoms with Crippen LogP contribution in [-0.2, 0) is 4.79 Å². The lowest BCUT2D eigenvalue weighted by Crippen LogP contribution is -2.50. The number of carbonyl (C=O) groups excluding carboxylic acids is 1. The van der Waals surface area contributed by atoms with E-state index < -0.39 is 0 Å². The third-order valence-electron chi connectivity index (χ3n) is 2.52. The molecule has 1 amide bonds. The van der Waals surface area contributed by atoms with Crippen LogP contribution in [0.1, 0.15) is 32.1 Å². The van der Waals surface area contributed by atoms with Crippen LogP contribution in [0, 0.1) is 0 Å². The zero-order valence-electron chi connectivity index (χ0n) is 7.88. The quantitative estimate of drug-likeness (QED) is 0.518. The van der Waals surface area contributed by atoms with E-state index in [4.69, 9.17) is 10.8 Å². The average Bonchev–Trinajstić information content (AvgIpc) is 2.02. The highest BCUT2D eigenvalue weighted by Crippen LogP contribution is 2.31. The summed E-state index contributed by atoms with van der Waals surface area (Å²) in [6.45, 7) is 0.666. The number of aliphatic hydroxyl groups is 1. The molecule has 13 heavy (non-hydrogen) atoms. The van der Waals surface area contributed by atoms with Crippen LogP contribution >= 0.6 is 0 Å². The summed E-state index contributed by atoms with van der Waals surface area (Å²) in [5, 5.41) is 11.2. The first-order valence-electron chi connectivity index (χ1n) is 4.83. The Bertz CT molecular complexity index is 178. The normalized spacial score (nSPS) is 19.2. The third kappa shape index (κ3) is 3.32. The van der Waals surface area contributed by atoms with Crippen LogP contribution in [-0.4, -0.2) is 29.7 Å². The molecule has 0 bridgehead atoms. The lowest BCUT2D eigenvalue weighted by Gasteiger charge is -2.37. The zero-order chi connectivity index (χ0) is 9.73. The summed E-state index contributed by atoms with van der Waals surface area (Å²) in [4.78, 5) is 11.3. The van der Waals surface area contributed by atoms with Crippen LogP contribution in [0.5, 0.6) is 0 Å². The van der Waals surface area contributed by atoms with E-state index in [2.05, 4.69) is 5.32 Å². The molecule has 4 nitrogen and oxygen atoms in total. The SMILES string of the molecule is NC1(CC(=O)NCCCO)CCC1. The van der Waals surface area contributed by atoms with E-state index in [1.807, 2.05) is 0 Å². The Kier molecular flexibility index (Phi) is 3.69. The first-order chi connectivity index (χ1) is 6.16. The van der Waals surface area contributed by atoms with Crippen molar-refractivity contribution in [2.45, 2.75) is 37.6 Å². The molecule has 0 unspecified atom stereocenters. The van der Waals surface area contributed by atoms with E-state index in [1.165, 1.54) is 0 Å². The summed E-state index contributed by atoms with van der Waals surface area (Å²) in [7, 11) is 0. The van der Waals surface area contributed by atoms with Crippen molar-refractivity contribution in [2.75, 3.05) is 13.2 Å². The maximum absolute atomic E-state index is 11.3. The predicted molar refractivity (Wildman–Crippen MR) is 50.1 cm³/mol. The van der Waals surface area contributed by atoms with Gasteiger partial charge in [0.15, 0.2) is 0 Å². The fourth-order valence-electron chi connectivity index (χ4n) is 1.50. The Morgan fingerprint density at radius 2 is 2.23 bits per heavy atom. The molecule has 4 N–H and O–H groups in total. The lowest BCUT2D eigenvalue weighted by atomic mass is 9.75. The zero-order valence-corrected chi connectivity index (χ0v) is 7.88. The maximum Gasteiger partial charge on any atom is 0.221 e. The number of nitrogens with one attached hydrogen (secondary N) is 1. The van der Waals surface area contributed by atoms with E-state index in [-0.39, 0.29) is 18.1 Å². The smallest absolute Gasteiger partial charge is 0.221 e. The van der Waals surface area contributed by atoms with Crippen molar-refractivity contribution < 1.29 is 9.90 Å². The minimum absolute atomic E-state index is 0.00986. The van der Waals surface area contributed by atoms with Gasteiger partial charge in [-0.25, -0.2) is 0 Å². The average molecular weight is 186 g/mol. The number of nitrogens with two attached hydrogens (primary N) is 1. The van der Waals surface area contributed by atoms with Crippen LogP contribution in [0.4, 0.5) is 0 Å². The highest BCUT2D eigenvalue weighted by atomic mass is 16.3. The Balaban J connectivity index is 2.10. The monoisotopic (exact) mass is 186 g/mol. The molecule has 0 aromatic rings. The lowest BCUT2D eigenvalue weighted by molar-refractivity contribution is -0.123. The van der Waals surface area contributed by atoms with Crippen LogP contribution in [0.15, 0.2) is 0 Å². The van der Waals surface area contributed by atoms with Crippen molar-refractivity contribution in [1.82, 2.24) is 5.32 Å². The molecule has 1 rings (SSSR count). The largest absolute Gasteiger partial charge is 0.396 e. The summed E-state index contributed by atoms with van der Waals surface area (Å²) in [5.41, 5.74) is 5.66. The molecule has 0 aliphatic heterocycles. The Morgan fingerprint density at radius 1 is 1.54 bits per heavy atom. The number of hydrogen-bond acceptors (Lipinski definition) is 3. The number of aliphatic hydroxyl groups excluding tert-OH is 1. The van der Waals surface area contributed by atoms with Gasteiger partial charge in [0.25, 0.3) is 0 Å². The Labute approximate surface area is 78.5 Å². The van der Waals surface area contributed by atoms with Crippen molar-refractivity contribution in [2.24, 2.45) is 5.73 Å². The molecule has 76 valence electrons. The molecule has 0 radical (unpaired) electrons. The van der Waals surface area contributed by atoms with Crippen LogP contribution in [0.2, 0.25) is 0 Å². The molecular weight excluding hydrogens is 168 g/mol. The topological polar surface area (TPSA) is 75.4 Å². The van der Waals surface area contributed by atoms with E-state index >= 15 is 0 Å². The fourth-order valence-corrected chi connectivity index (χ4v) is 1.50. The van der Waals surface area contributed by atoms with E-state index in [0.717, 1.165) is 19.3 Å². The molecule has 1 aliphatic rings. The molecule has 1 saturated carbocycles. The van der Waals surface area contributed by atoms with Gasteiger partial charge in [-0.15, -0.1) is 0 Å². The summed E-state index contributed by atoms with van der Waals surface area (Å²) in [6, 6.07) is 0. The first kappa shape index (κ1) is 10.5. The molecule has 0 aromatic carbocycles. The number of carbonyl (C=O) groups is 1. The molecule has 1 aliphatic carbocycles. The van der Waals surface area contributed by atoms with Gasteiger partial charge in [-0.2, -0.15) is 0 Å². The van der Waals surface area contributed by atoms with Crippen molar-refractivity contribution in [1.29, 1.82) is 0 Å². The molecule has 4 heteroatoms. The fraction of sp³-hybridized carbons (Fsp3) is 0.889. The highest BCUT2D eigenvalue weighted by Gasteiger charge is 2.34. The van der Waals surface area contributed by atoms with Gasteiger partial charge in [-0.3, -0.25) is 4.79 Å². The van der Waals surface area contributed by atoms with Gasteiger partial charge in [-0.1, -0.05) is 0 Å². The molecule has 0 atom stereocenters. The van der Waals surface area contributed by atoms with Gasteiger partial charge in [-0.05, 0) is 25.7 Å². The van der Waals surface area contributed by atoms with Gasteiger partial charge < -0.3 is 16.2 Å². The molecule has 0 aromatic heterocycles. The molecular formula is C9H18N2O2. The number of amides is 1. The molecule has 0 spiro atoms. The van der Waals surface area contributed by atoms with Crippen molar-refractivity contribution >= 4 is 5.91 Å². The summed E-state index contributed by atoms with van der Waals surface area (Å²) < 4.78 is 0. The third-order valence-corrected chi connectivity index (χ3v) is 2.52. The van der Waals surface area contributed by atoms with E-state index in [0.29, 0.717) is 19.4 Å². The van der Waals surface area contributed by atoms with E-state index in [1.54, 1.807) is 0 Å². The number of rotatable bonds is 5. The molecule has 0 heterocycles. The van der Waals surface area contributed by atoms with Crippen LogP contribution in [0.3, 0.4) is 0 Å². The second kappa shape index (κ2) is 4.58. The van der Waals surface area contributed by atoms with Gasteiger partial charge in [0.1, 0.15) is 0 Å². The first-order valence-corrected chi connectivity index (χ1v) is 4.83. The highest BCUT2D eigenvalue weighted by molar-refractivity contribution is 5.77. The van der Waals surface area contributed by atoms with Gasteiger partial charge in [0.2, 0.25) is 5.91 Å². The van der Waals surface area contributed by atoms with Crippen LogP contribution in [0.25, 0.3) is 0 Å². The number of hydrogen-bond donors (Lipinski definition) is 3.